The number of carbonyl (C=O) groups excluding carboxylic acids is 2. The highest BCUT2D eigenvalue weighted by atomic mass is 16.3. The van der Waals surface area contributed by atoms with E-state index in [0.29, 0.717) is 23.6 Å². The highest BCUT2D eigenvalue weighted by molar-refractivity contribution is 5.99. The third-order valence-corrected chi connectivity index (χ3v) is 7.83. The molecule has 1 aliphatic heterocycles. The number of fused-ring (bicyclic) bond motifs is 1. The van der Waals surface area contributed by atoms with Gasteiger partial charge in [0.05, 0.1) is 34.3 Å². The summed E-state index contributed by atoms with van der Waals surface area (Å²) in [5.41, 5.74) is 9.84. The molecule has 0 unspecified atom stereocenters. The standard InChI is InChI=1S/C26H35N5O3/c1-26(2)14-22-23(25(34)30(26)3)21(12-15-4-5-15)29-31(22)17-8-11-19(24(27)33)20(13-17)28-16-6-9-18(32)10-7-16/h8,11,13,15-16,18,28,32H,4-7,9-10,12,14H2,1-3H3,(H2,27,33). The Balaban J connectivity index is 1.56. The van der Waals surface area contributed by atoms with Gasteiger partial charge in [0.25, 0.3) is 11.8 Å². The zero-order valence-corrected chi connectivity index (χ0v) is 20.3. The van der Waals surface area contributed by atoms with Gasteiger partial charge < -0.3 is 21.1 Å². The smallest absolute Gasteiger partial charge is 0.257 e. The van der Waals surface area contributed by atoms with E-state index in [2.05, 4.69) is 19.2 Å². The quantitative estimate of drug-likeness (QED) is 0.607. The first-order valence-corrected chi connectivity index (χ1v) is 12.4. The number of amides is 2. The minimum absolute atomic E-state index is 0.0287. The first-order valence-electron chi connectivity index (χ1n) is 12.4. The average Bonchev–Trinajstić information content (AvgIpc) is 3.53. The van der Waals surface area contributed by atoms with Crippen LogP contribution in [0.5, 0.6) is 0 Å². The molecule has 1 aromatic heterocycles. The number of rotatable bonds is 6. The van der Waals surface area contributed by atoms with E-state index in [-0.39, 0.29) is 23.6 Å². The number of primary amides is 1. The predicted molar refractivity (Wildman–Crippen MR) is 130 cm³/mol. The Labute approximate surface area is 200 Å². The van der Waals surface area contributed by atoms with Crippen LogP contribution in [0, 0.1) is 5.92 Å². The summed E-state index contributed by atoms with van der Waals surface area (Å²) in [5.74, 6) is 0.150. The lowest BCUT2D eigenvalue weighted by molar-refractivity contribution is 0.0587. The van der Waals surface area contributed by atoms with Crippen molar-refractivity contribution in [3.63, 3.8) is 0 Å². The second-order valence-corrected chi connectivity index (χ2v) is 10.9. The molecule has 5 rings (SSSR count). The lowest BCUT2D eigenvalue weighted by Gasteiger charge is -2.39. The van der Waals surface area contributed by atoms with Crippen molar-refractivity contribution in [2.45, 2.75) is 82.9 Å². The van der Waals surface area contributed by atoms with Crippen LogP contribution in [0.2, 0.25) is 0 Å². The second kappa shape index (κ2) is 8.41. The molecule has 8 heteroatoms. The molecular weight excluding hydrogens is 430 g/mol. The molecule has 4 N–H and O–H groups in total. The number of hydrogen-bond acceptors (Lipinski definition) is 5. The molecule has 8 nitrogen and oxygen atoms in total. The van der Waals surface area contributed by atoms with E-state index in [1.807, 2.05) is 28.8 Å². The van der Waals surface area contributed by atoms with E-state index in [0.717, 1.165) is 54.7 Å². The van der Waals surface area contributed by atoms with Crippen molar-refractivity contribution in [1.29, 1.82) is 0 Å². The monoisotopic (exact) mass is 465 g/mol. The number of aliphatic hydroxyl groups is 1. The van der Waals surface area contributed by atoms with Crippen LogP contribution in [-0.4, -0.2) is 56.3 Å². The fraction of sp³-hybridized carbons (Fsp3) is 0.577. The van der Waals surface area contributed by atoms with Gasteiger partial charge >= 0.3 is 0 Å². The number of nitrogens with zero attached hydrogens (tertiary/aromatic N) is 3. The minimum Gasteiger partial charge on any atom is -0.393 e. The number of aliphatic hydroxyl groups excluding tert-OH is 1. The van der Waals surface area contributed by atoms with Crippen LogP contribution in [0.1, 0.15) is 84.5 Å². The van der Waals surface area contributed by atoms with Crippen LogP contribution >= 0.6 is 0 Å². The van der Waals surface area contributed by atoms with E-state index in [4.69, 9.17) is 10.8 Å². The fourth-order valence-electron chi connectivity index (χ4n) is 5.27. The number of benzene rings is 1. The van der Waals surface area contributed by atoms with Crippen LogP contribution in [0.25, 0.3) is 5.69 Å². The summed E-state index contributed by atoms with van der Waals surface area (Å²) in [6.45, 7) is 4.15. The number of hydrogen-bond donors (Lipinski definition) is 3. The largest absolute Gasteiger partial charge is 0.393 e. The van der Waals surface area contributed by atoms with Crippen molar-refractivity contribution < 1.29 is 14.7 Å². The van der Waals surface area contributed by atoms with Gasteiger partial charge in [-0.3, -0.25) is 9.59 Å². The summed E-state index contributed by atoms with van der Waals surface area (Å²) in [4.78, 5) is 27.4. The number of likely N-dealkylation sites (N-methyl/N-ethyl adjacent to an activating group) is 1. The second-order valence-electron chi connectivity index (χ2n) is 10.9. The molecule has 0 atom stereocenters. The molecular formula is C26H35N5O3. The lowest BCUT2D eigenvalue weighted by Crippen LogP contribution is -2.50. The molecule has 0 radical (unpaired) electrons. The van der Waals surface area contributed by atoms with Crippen LogP contribution < -0.4 is 11.1 Å². The Kier molecular flexibility index (Phi) is 5.67. The van der Waals surface area contributed by atoms with Crippen LogP contribution in [0.3, 0.4) is 0 Å². The molecule has 2 saturated carbocycles. The molecule has 0 saturated heterocycles. The Hall–Kier alpha value is -2.87. The maximum absolute atomic E-state index is 13.4. The molecule has 2 aromatic rings. The zero-order chi connectivity index (χ0) is 24.2. The first-order chi connectivity index (χ1) is 16.1. The van der Waals surface area contributed by atoms with E-state index in [1.54, 1.807) is 6.07 Å². The predicted octanol–water partition coefficient (Wildman–Crippen LogP) is 3.05. The SMILES string of the molecule is CN1C(=O)c2c(CC3CC3)nn(-c3ccc(C(N)=O)c(NC4CCC(O)CC4)c3)c2CC1(C)C. The van der Waals surface area contributed by atoms with Gasteiger partial charge in [-0.05, 0) is 82.9 Å². The van der Waals surface area contributed by atoms with E-state index in [1.165, 1.54) is 12.8 Å². The highest BCUT2D eigenvalue weighted by Crippen LogP contribution is 2.38. The van der Waals surface area contributed by atoms with Gasteiger partial charge in [0.15, 0.2) is 0 Å². The van der Waals surface area contributed by atoms with Crippen molar-refractivity contribution in [2.24, 2.45) is 11.7 Å². The maximum Gasteiger partial charge on any atom is 0.257 e. The van der Waals surface area contributed by atoms with Gasteiger partial charge in [0.1, 0.15) is 0 Å². The molecule has 2 amide bonds. The maximum atomic E-state index is 13.4. The number of nitrogens with one attached hydrogen (secondary N) is 1. The minimum atomic E-state index is -0.486. The Bertz CT molecular complexity index is 1130. The first kappa shape index (κ1) is 22.9. The summed E-state index contributed by atoms with van der Waals surface area (Å²) < 4.78 is 1.90. The van der Waals surface area contributed by atoms with Crippen molar-refractivity contribution in [1.82, 2.24) is 14.7 Å². The van der Waals surface area contributed by atoms with Gasteiger partial charge in [0.2, 0.25) is 0 Å². The molecule has 3 aliphatic rings. The van der Waals surface area contributed by atoms with Crippen molar-refractivity contribution in [2.75, 3.05) is 12.4 Å². The molecule has 34 heavy (non-hydrogen) atoms. The summed E-state index contributed by atoms with van der Waals surface area (Å²) in [5, 5.41) is 18.3. The number of aromatic nitrogens is 2. The molecule has 0 spiro atoms. The summed E-state index contributed by atoms with van der Waals surface area (Å²) in [7, 11) is 1.87. The van der Waals surface area contributed by atoms with Crippen molar-refractivity contribution in [3.05, 3.63) is 40.7 Å². The summed E-state index contributed by atoms with van der Waals surface area (Å²) in [6.07, 6.45) is 6.80. The van der Waals surface area contributed by atoms with E-state index >= 15 is 0 Å². The molecule has 0 bridgehead atoms. The molecule has 2 heterocycles. The van der Waals surface area contributed by atoms with E-state index < -0.39 is 5.91 Å². The third kappa shape index (κ3) is 4.19. The van der Waals surface area contributed by atoms with Gasteiger partial charge in [-0.2, -0.15) is 5.10 Å². The van der Waals surface area contributed by atoms with Crippen LogP contribution in [0.4, 0.5) is 5.69 Å². The molecule has 2 fully saturated rings. The normalized spacial score (nSPS) is 24.1. The Morgan fingerprint density at radius 3 is 2.56 bits per heavy atom. The molecule has 2 aliphatic carbocycles. The van der Waals surface area contributed by atoms with Crippen LogP contribution in [0.15, 0.2) is 18.2 Å². The number of nitrogens with two attached hydrogens (primary N) is 1. The number of carbonyl (C=O) groups is 2. The summed E-state index contributed by atoms with van der Waals surface area (Å²) in [6, 6.07) is 5.70. The lowest BCUT2D eigenvalue weighted by atomic mass is 9.88. The van der Waals surface area contributed by atoms with E-state index in [9.17, 15) is 14.7 Å². The van der Waals surface area contributed by atoms with Gasteiger partial charge in [0, 0.05) is 30.7 Å². The number of anilines is 1. The van der Waals surface area contributed by atoms with Crippen LogP contribution in [-0.2, 0) is 12.8 Å². The Morgan fingerprint density at radius 2 is 1.91 bits per heavy atom. The summed E-state index contributed by atoms with van der Waals surface area (Å²) >= 11 is 0. The topological polar surface area (TPSA) is 113 Å². The fourth-order valence-corrected chi connectivity index (χ4v) is 5.27. The molecule has 182 valence electrons. The third-order valence-electron chi connectivity index (χ3n) is 7.83. The zero-order valence-electron chi connectivity index (χ0n) is 20.3. The van der Waals surface area contributed by atoms with Gasteiger partial charge in [-0.15, -0.1) is 0 Å². The van der Waals surface area contributed by atoms with Gasteiger partial charge in [-0.1, -0.05) is 0 Å². The average molecular weight is 466 g/mol. The Morgan fingerprint density at radius 1 is 1.21 bits per heavy atom. The van der Waals surface area contributed by atoms with Crippen molar-refractivity contribution >= 4 is 17.5 Å². The molecule has 1 aromatic carbocycles. The van der Waals surface area contributed by atoms with Crippen molar-refractivity contribution in [3.8, 4) is 5.69 Å². The van der Waals surface area contributed by atoms with Gasteiger partial charge in [-0.25, -0.2) is 4.68 Å². The highest BCUT2D eigenvalue weighted by Gasteiger charge is 2.41.